The number of benzene rings is 1. The Hall–Kier alpha value is -0.930. The zero-order chi connectivity index (χ0) is 12.3. The SMILES string of the molecule is CN(C)c1ccc(Cl)cc1NCC1CCOC1. The van der Waals surface area contributed by atoms with E-state index in [1.165, 1.54) is 0 Å². The van der Waals surface area contributed by atoms with Crippen LogP contribution in [0.15, 0.2) is 18.2 Å². The quantitative estimate of drug-likeness (QED) is 0.894. The Balaban J connectivity index is 2.04. The van der Waals surface area contributed by atoms with Crippen LogP contribution in [0.1, 0.15) is 6.42 Å². The summed E-state index contributed by atoms with van der Waals surface area (Å²) in [6.45, 7) is 2.70. The Morgan fingerprint density at radius 2 is 2.29 bits per heavy atom. The lowest BCUT2D eigenvalue weighted by atomic mass is 10.1. The molecule has 1 aliphatic heterocycles. The third-order valence-corrected chi connectivity index (χ3v) is 3.28. The Labute approximate surface area is 108 Å². The molecule has 94 valence electrons. The summed E-state index contributed by atoms with van der Waals surface area (Å²) < 4.78 is 5.37. The van der Waals surface area contributed by atoms with Crippen LogP contribution >= 0.6 is 11.6 Å². The van der Waals surface area contributed by atoms with Crippen molar-refractivity contribution >= 4 is 23.0 Å². The average Bonchev–Trinajstić information content (AvgIpc) is 2.78. The number of hydrogen-bond acceptors (Lipinski definition) is 3. The Morgan fingerprint density at radius 3 is 2.94 bits per heavy atom. The first-order valence-corrected chi connectivity index (χ1v) is 6.33. The highest BCUT2D eigenvalue weighted by Gasteiger charge is 2.16. The lowest BCUT2D eigenvalue weighted by molar-refractivity contribution is 0.187. The van der Waals surface area contributed by atoms with Gasteiger partial charge in [-0.3, -0.25) is 0 Å². The second-order valence-electron chi connectivity index (χ2n) is 4.67. The summed E-state index contributed by atoms with van der Waals surface area (Å²) in [5.74, 6) is 0.615. The van der Waals surface area contributed by atoms with Crippen molar-refractivity contribution in [3.63, 3.8) is 0 Å². The maximum absolute atomic E-state index is 6.03. The highest BCUT2D eigenvalue weighted by atomic mass is 35.5. The summed E-state index contributed by atoms with van der Waals surface area (Å²) in [5, 5.41) is 4.24. The van der Waals surface area contributed by atoms with E-state index < -0.39 is 0 Å². The second kappa shape index (κ2) is 5.61. The molecule has 1 aromatic rings. The molecule has 17 heavy (non-hydrogen) atoms. The molecule has 0 amide bonds. The molecule has 0 radical (unpaired) electrons. The van der Waals surface area contributed by atoms with Gasteiger partial charge in [-0.1, -0.05) is 11.6 Å². The molecular formula is C13H19ClN2O. The zero-order valence-corrected chi connectivity index (χ0v) is 11.1. The Bertz CT molecular complexity index is 376. The van der Waals surface area contributed by atoms with Gasteiger partial charge in [0, 0.05) is 38.2 Å². The largest absolute Gasteiger partial charge is 0.383 e. The Kier molecular flexibility index (Phi) is 4.13. The van der Waals surface area contributed by atoms with E-state index in [0.29, 0.717) is 5.92 Å². The van der Waals surface area contributed by atoms with Gasteiger partial charge in [-0.05, 0) is 24.6 Å². The van der Waals surface area contributed by atoms with Gasteiger partial charge >= 0.3 is 0 Å². The molecule has 1 N–H and O–H groups in total. The van der Waals surface area contributed by atoms with Crippen LogP contribution in [0.2, 0.25) is 5.02 Å². The fourth-order valence-electron chi connectivity index (χ4n) is 2.04. The standard InChI is InChI=1S/C13H19ClN2O/c1-16(2)13-4-3-11(14)7-12(13)15-8-10-5-6-17-9-10/h3-4,7,10,15H,5-6,8-9H2,1-2H3. The maximum atomic E-state index is 6.03. The van der Waals surface area contributed by atoms with Crippen LogP contribution in [-0.4, -0.2) is 33.9 Å². The van der Waals surface area contributed by atoms with Crippen LogP contribution in [0.25, 0.3) is 0 Å². The lowest BCUT2D eigenvalue weighted by Crippen LogP contribution is -2.17. The van der Waals surface area contributed by atoms with Crippen molar-refractivity contribution in [2.45, 2.75) is 6.42 Å². The summed E-state index contributed by atoms with van der Waals surface area (Å²) in [5.41, 5.74) is 2.25. The number of anilines is 2. The first-order valence-electron chi connectivity index (χ1n) is 5.95. The third-order valence-electron chi connectivity index (χ3n) is 3.05. The number of nitrogens with one attached hydrogen (secondary N) is 1. The number of rotatable bonds is 4. The molecule has 2 rings (SSSR count). The van der Waals surface area contributed by atoms with E-state index in [2.05, 4.69) is 10.2 Å². The summed E-state index contributed by atoms with van der Waals surface area (Å²) >= 11 is 6.03. The highest BCUT2D eigenvalue weighted by Crippen LogP contribution is 2.28. The summed E-state index contributed by atoms with van der Waals surface area (Å²) in [6, 6.07) is 5.93. The normalized spacial score (nSPS) is 19.4. The molecule has 1 aliphatic rings. The third kappa shape index (κ3) is 3.27. The minimum atomic E-state index is 0.615. The van der Waals surface area contributed by atoms with E-state index in [0.717, 1.165) is 42.6 Å². The second-order valence-corrected chi connectivity index (χ2v) is 5.10. The molecule has 1 fully saturated rings. The van der Waals surface area contributed by atoms with Crippen LogP contribution < -0.4 is 10.2 Å². The van der Waals surface area contributed by atoms with Gasteiger partial charge in [-0.25, -0.2) is 0 Å². The predicted molar refractivity (Wildman–Crippen MR) is 73.2 cm³/mol. The van der Waals surface area contributed by atoms with E-state index in [-0.39, 0.29) is 0 Å². The number of ether oxygens (including phenoxy) is 1. The Morgan fingerprint density at radius 1 is 1.47 bits per heavy atom. The predicted octanol–water partition coefficient (Wildman–Crippen LogP) is 2.85. The van der Waals surface area contributed by atoms with Gasteiger partial charge in [-0.15, -0.1) is 0 Å². The fourth-order valence-corrected chi connectivity index (χ4v) is 2.21. The van der Waals surface area contributed by atoms with Crippen LogP contribution in [-0.2, 0) is 4.74 Å². The fraction of sp³-hybridized carbons (Fsp3) is 0.538. The highest BCUT2D eigenvalue weighted by molar-refractivity contribution is 6.31. The summed E-state index contributed by atoms with van der Waals surface area (Å²) in [7, 11) is 4.07. The number of halogens is 1. The zero-order valence-electron chi connectivity index (χ0n) is 10.4. The first-order chi connectivity index (χ1) is 8.16. The molecule has 4 heteroatoms. The van der Waals surface area contributed by atoms with Crippen LogP contribution in [0.4, 0.5) is 11.4 Å². The molecular weight excluding hydrogens is 236 g/mol. The van der Waals surface area contributed by atoms with Gasteiger partial charge in [0.2, 0.25) is 0 Å². The van der Waals surface area contributed by atoms with Crippen LogP contribution in [0.3, 0.4) is 0 Å². The van der Waals surface area contributed by atoms with Gasteiger partial charge in [-0.2, -0.15) is 0 Å². The first kappa shape index (κ1) is 12.5. The number of nitrogens with zero attached hydrogens (tertiary/aromatic N) is 1. The van der Waals surface area contributed by atoms with Crippen molar-refractivity contribution in [2.75, 3.05) is 44.1 Å². The smallest absolute Gasteiger partial charge is 0.0597 e. The van der Waals surface area contributed by atoms with Gasteiger partial charge < -0.3 is 15.0 Å². The molecule has 0 aliphatic carbocycles. The monoisotopic (exact) mass is 254 g/mol. The van der Waals surface area contributed by atoms with Crippen molar-refractivity contribution in [2.24, 2.45) is 5.92 Å². The molecule has 0 aromatic heterocycles. The van der Waals surface area contributed by atoms with Crippen molar-refractivity contribution in [1.82, 2.24) is 0 Å². The molecule has 1 unspecified atom stereocenters. The topological polar surface area (TPSA) is 24.5 Å². The van der Waals surface area contributed by atoms with Gasteiger partial charge in [0.25, 0.3) is 0 Å². The van der Waals surface area contributed by atoms with E-state index in [9.17, 15) is 0 Å². The number of hydrogen-bond donors (Lipinski definition) is 1. The molecule has 1 aromatic carbocycles. The van der Waals surface area contributed by atoms with Crippen molar-refractivity contribution in [3.05, 3.63) is 23.2 Å². The van der Waals surface area contributed by atoms with Gasteiger partial charge in [0.1, 0.15) is 0 Å². The summed E-state index contributed by atoms with van der Waals surface area (Å²) in [6.07, 6.45) is 1.14. The van der Waals surface area contributed by atoms with Crippen LogP contribution in [0, 0.1) is 5.92 Å². The van der Waals surface area contributed by atoms with Crippen LogP contribution in [0.5, 0.6) is 0 Å². The maximum Gasteiger partial charge on any atom is 0.0597 e. The molecule has 1 heterocycles. The minimum absolute atomic E-state index is 0.615. The molecule has 0 saturated carbocycles. The van der Waals surface area contributed by atoms with E-state index in [1.807, 2.05) is 32.3 Å². The van der Waals surface area contributed by atoms with Gasteiger partial charge in [0.15, 0.2) is 0 Å². The lowest BCUT2D eigenvalue weighted by Gasteiger charge is -2.20. The minimum Gasteiger partial charge on any atom is -0.383 e. The van der Waals surface area contributed by atoms with E-state index >= 15 is 0 Å². The average molecular weight is 255 g/mol. The van der Waals surface area contributed by atoms with E-state index in [4.69, 9.17) is 16.3 Å². The molecule has 1 atom stereocenters. The summed E-state index contributed by atoms with van der Waals surface area (Å²) in [4.78, 5) is 2.09. The molecule has 3 nitrogen and oxygen atoms in total. The van der Waals surface area contributed by atoms with Crippen molar-refractivity contribution in [1.29, 1.82) is 0 Å². The van der Waals surface area contributed by atoms with Crippen molar-refractivity contribution in [3.8, 4) is 0 Å². The molecule has 0 bridgehead atoms. The molecule has 0 spiro atoms. The van der Waals surface area contributed by atoms with E-state index in [1.54, 1.807) is 0 Å². The van der Waals surface area contributed by atoms with Gasteiger partial charge in [0.05, 0.1) is 18.0 Å². The molecule has 1 saturated heterocycles. The van der Waals surface area contributed by atoms with Crippen molar-refractivity contribution < 1.29 is 4.74 Å².